The average Bonchev–Trinajstić information content (AvgIpc) is 2.90. The van der Waals surface area contributed by atoms with E-state index in [-0.39, 0.29) is 0 Å². The molecule has 0 spiro atoms. The van der Waals surface area contributed by atoms with Crippen LogP contribution in [-0.4, -0.2) is 37.1 Å². The van der Waals surface area contributed by atoms with Crippen LogP contribution in [0, 0.1) is 5.41 Å². The van der Waals surface area contributed by atoms with Crippen molar-refractivity contribution in [2.75, 3.05) is 27.2 Å². The lowest BCUT2D eigenvalue weighted by Gasteiger charge is -2.33. The molecule has 1 aliphatic rings. The van der Waals surface area contributed by atoms with Crippen LogP contribution in [-0.2, 0) is 6.54 Å². The fourth-order valence-electron chi connectivity index (χ4n) is 3.11. The first-order chi connectivity index (χ1) is 8.24. The van der Waals surface area contributed by atoms with Crippen molar-refractivity contribution in [2.45, 2.75) is 32.2 Å². The predicted molar refractivity (Wildman–Crippen MR) is 73.3 cm³/mol. The molecule has 2 rings (SSSR count). The van der Waals surface area contributed by atoms with Gasteiger partial charge in [0.2, 0.25) is 0 Å². The zero-order valence-electron chi connectivity index (χ0n) is 10.9. The monoisotopic (exact) mass is 253 g/mol. The zero-order valence-corrected chi connectivity index (χ0v) is 11.7. The number of hydrogen-bond donors (Lipinski definition) is 1. The van der Waals surface area contributed by atoms with E-state index in [2.05, 4.69) is 34.7 Å². The second kappa shape index (κ2) is 5.94. The molecule has 0 aromatic carbocycles. The molecule has 0 atom stereocenters. The first-order valence-electron chi connectivity index (χ1n) is 6.44. The molecule has 0 aliphatic heterocycles. The number of thiazole rings is 1. The maximum Gasteiger partial charge on any atom is 0.0795 e. The third-order valence-electron chi connectivity index (χ3n) is 3.74. The summed E-state index contributed by atoms with van der Waals surface area (Å²) in [5.74, 6) is 0. The first kappa shape index (κ1) is 13.0. The summed E-state index contributed by atoms with van der Waals surface area (Å²) in [6, 6.07) is 0. The number of nitrogens with zero attached hydrogens (tertiary/aromatic N) is 2. The van der Waals surface area contributed by atoms with E-state index in [0.717, 1.165) is 13.1 Å². The zero-order chi connectivity index (χ0) is 12.1. The molecule has 0 radical (unpaired) electrons. The van der Waals surface area contributed by atoms with Crippen LogP contribution in [0.5, 0.6) is 0 Å². The van der Waals surface area contributed by atoms with Crippen molar-refractivity contribution < 1.29 is 0 Å². The van der Waals surface area contributed by atoms with Crippen LogP contribution in [0.15, 0.2) is 10.9 Å². The van der Waals surface area contributed by atoms with Crippen molar-refractivity contribution >= 4 is 11.3 Å². The number of hydrogen-bond acceptors (Lipinski definition) is 4. The highest BCUT2D eigenvalue weighted by Crippen LogP contribution is 2.38. The third-order valence-corrected chi connectivity index (χ3v) is 4.37. The van der Waals surface area contributed by atoms with Crippen molar-refractivity contribution in [2.24, 2.45) is 5.41 Å². The normalized spacial score (nSPS) is 19.0. The summed E-state index contributed by atoms with van der Waals surface area (Å²) in [7, 11) is 4.29. The Hall–Kier alpha value is -0.450. The van der Waals surface area contributed by atoms with Crippen molar-refractivity contribution in [3.8, 4) is 0 Å². The molecule has 1 aromatic heterocycles. The molecular weight excluding hydrogens is 230 g/mol. The SMILES string of the molecule is CNCC1(CN(C)Cc2cscn2)CCCC1. The lowest BCUT2D eigenvalue weighted by molar-refractivity contribution is 0.169. The largest absolute Gasteiger partial charge is 0.319 e. The van der Waals surface area contributed by atoms with E-state index in [4.69, 9.17) is 0 Å². The summed E-state index contributed by atoms with van der Waals surface area (Å²) in [4.78, 5) is 6.79. The standard InChI is InChI=1S/C13H23N3S/c1-14-9-13(5-3-4-6-13)10-16(2)7-12-8-17-11-15-12/h8,11,14H,3-7,9-10H2,1-2H3. The maximum absolute atomic E-state index is 4.36. The summed E-state index contributed by atoms with van der Waals surface area (Å²) in [5, 5.41) is 5.52. The van der Waals surface area contributed by atoms with E-state index in [1.165, 1.54) is 37.9 Å². The number of rotatable bonds is 6. The molecule has 96 valence electrons. The Bertz CT molecular complexity index is 317. The molecule has 1 fully saturated rings. The fraction of sp³-hybridized carbons (Fsp3) is 0.769. The highest BCUT2D eigenvalue weighted by Gasteiger charge is 2.34. The van der Waals surface area contributed by atoms with Crippen molar-refractivity contribution in [3.63, 3.8) is 0 Å². The Morgan fingerprint density at radius 2 is 2.24 bits per heavy atom. The molecular formula is C13H23N3S. The van der Waals surface area contributed by atoms with Gasteiger partial charge in [0.05, 0.1) is 11.2 Å². The van der Waals surface area contributed by atoms with Gasteiger partial charge >= 0.3 is 0 Å². The van der Waals surface area contributed by atoms with Gasteiger partial charge in [-0.2, -0.15) is 0 Å². The average molecular weight is 253 g/mol. The molecule has 1 heterocycles. The Kier molecular flexibility index (Phi) is 4.54. The van der Waals surface area contributed by atoms with Crippen LogP contribution in [0.25, 0.3) is 0 Å². The van der Waals surface area contributed by atoms with E-state index in [1.54, 1.807) is 11.3 Å². The van der Waals surface area contributed by atoms with Gasteiger partial charge in [0.15, 0.2) is 0 Å². The predicted octanol–water partition coefficient (Wildman–Crippen LogP) is 2.35. The molecule has 0 bridgehead atoms. The minimum Gasteiger partial charge on any atom is -0.319 e. The van der Waals surface area contributed by atoms with Crippen LogP contribution in [0.3, 0.4) is 0 Å². The van der Waals surface area contributed by atoms with Crippen LogP contribution in [0.4, 0.5) is 0 Å². The molecule has 1 saturated carbocycles. The van der Waals surface area contributed by atoms with Gasteiger partial charge in [0.25, 0.3) is 0 Å². The van der Waals surface area contributed by atoms with Gasteiger partial charge in [-0.05, 0) is 32.4 Å². The molecule has 0 unspecified atom stereocenters. The van der Waals surface area contributed by atoms with Gasteiger partial charge < -0.3 is 5.32 Å². The smallest absolute Gasteiger partial charge is 0.0795 e. The molecule has 0 saturated heterocycles. The topological polar surface area (TPSA) is 28.2 Å². The van der Waals surface area contributed by atoms with E-state index in [9.17, 15) is 0 Å². The summed E-state index contributed by atoms with van der Waals surface area (Å²) >= 11 is 1.68. The van der Waals surface area contributed by atoms with Crippen LogP contribution in [0.2, 0.25) is 0 Å². The lowest BCUT2D eigenvalue weighted by atomic mass is 9.85. The Morgan fingerprint density at radius 1 is 1.47 bits per heavy atom. The molecule has 4 heteroatoms. The van der Waals surface area contributed by atoms with Crippen molar-refractivity contribution in [1.82, 2.24) is 15.2 Å². The second-order valence-electron chi connectivity index (χ2n) is 5.39. The van der Waals surface area contributed by atoms with Gasteiger partial charge in [-0.15, -0.1) is 11.3 Å². The molecule has 3 nitrogen and oxygen atoms in total. The van der Waals surface area contributed by atoms with Gasteiger partial charge in [0, 0.05) is 25.0 Å². The first-order valence-corrected chi connectivity index (χ1v) is 7.39. The summed E-state index contributed by atoms with van der Waals surface area (Å²) in [6.45, 7) is 3.31. The van der Waals surface area contributed by atoms with Gasteiger partial charge in [-0.3, -0.25) is 4.90 Å². The Labute approximate surface area is 108 Å². The van der Waals surface area contributed by atoms with E-state index < -0.39 is 0 Å². The quantitative estimate of drug-likeness (QED) is 0.843. The van der Waals surface area contributed by atoms with E-state index in [0.29, 0.717) is 5.41 Å². The second-order valence-corrected chi connectivity index (χ2v) is 6.11. The van der Waals surface area contributed by atoms with Crippen LogP contribution < -0.4 is 5.32 Å². The van der Waals surface area contributed by atoms with Crippen LogP contribution in [0.1, 0.15) is 31.4 Å². The van der Waals surface area contributed by atoms with E-state index in [1.807, 2.05) is 5.51 Å². The highest BCUT2D eigenvalue weighted by atomic mass is 32.1. The number of aromatic nitrogens is 1. The van der Waals surface area contributed by atoms with Gasteiger partial charge in [-0.25, -0.2) is 4.98 Å². The third kappa shape index (κ3) is 3.50. The Balaban J connectivity index is 1.89. The number of nitrogens with one attached hydrogen (secondary N) is 1. The van der Waals surface area contributed by atoms with Gasteiger partial charge in [-0.1, -0.05) is 12.8 Å². The molecule has 0 amide bonds. The summed E-state index contributed by atoms with van der Waals surface area (Å²) in [5.41, 5.74) is 3.62. The highest BCUT2D eigenvalue weighted by molar-refractivity contribution is 7.07. The van der Waals surface area contributed by atoms with Crippen molar-refractivity contribution in [1.29, 1.82) is 0 Å². The molecule has 1 aromatic rings. The molecule has 1 aliphatic carbocycles. The fourth-order valence-corrected chi connectivity index (χ4v) is 3.66. The Morgan fingerprint density at radius 3 is 2.82 bits per heavy atom. The van der Waals surface area contributed by atoms with E-state index >= 15 is 0 Å². The van der Waals surface area contributed by atoms with Crippen molar-refractivity contribution in [3.05, 3.63) is 16.6 Å². The minimum absolute atomic E-state index is 0.500. The summed E-state index contributed by atoms with van der Waals surface area (Å²) in [6.07, 6.45) is 5.53. The molecule has 1 N–H and O–H groups in total. The molecule has 17 heavy (non-hydrogen) atoms. The van der Waals surface area contributed by atoms with Crippen LogP contribution >= 0.6 is 11.3 Å². The lowest BCUT2D eigenvalue weighted by Crippen LogP contribution is -2.40. The maximum atomic E-state index is 4.36. The van der Waals surface area contributed by atoms with Gasteiger partial charge in [0.1, 0.15) is 0 Å². The minimum atomic E-state index is 0.500. The summed E-state index contributed by atoms with van der Waals surface area (Å²) < 4.78 is 0.